The van der Waals surface area contributed by atoms with E-state index in [1.54, 1.807) is 10.9 Å². The van der Waals surface area contributed by atoms with Crippen molar-refractivity contribution < 1.29 is 4.52 Å². The third-order valence-electron chi connectivity index (χ3n) is 3.65. The normalized spacial score (nSPS) is 16.6. The topological polar surface area (TPSA) is 77.0 Å². The lowest BCUT2D eigenvalue weighted by Gasteiger charge is -2.30. The van der Waals surface area contributed by atoms with Gasteiger partial charge in [-0.1, -0.05) is 5.16 Å². The molecular weight excluding hydrogens is 258 g/mol. The number of hydrogen-bond acceptors (Lipinski definition) is 6. The molecule has 7 nitrogen and oxygen atoms in total. The Bertz CT molecular complexity index is 627. The largest absolute Gasteiger partial charge is 0.324 e. The van der Waals surface area contributed by atoms with Crippen LogP contribution in [-0.2, 0) is 6.54 Å². The molecule has 2 aromatic heterocycles. The number of aryl methyl sites for hydroxylation is 1. The average molecular weight is 275 g/mol. The first-order valence-corrected chi connectivity index (χ1v) is 6.78. The molecular formula is C13H17N5O2. The molecule has 1 saturated heterocycles. The highest BCUT2D eigenvalue weighted by Crippen LogP contribution is 2.22. The molecule has 7 heteroatoms. The third-order valence-corrected chi connectivity index (χ3v) is 3.65. The predicted octanol–water partition coefficient (Wildman–Crippen LogP) is 0.851. The summed E-state index contributed by atoms with van der Waals surface area (Å²) in [6.07, 6.45) is 5.14. The molecule has 1 fully saturated rings. The standard InChI is InChI=1S/C13H17N5O2/c1-10-15-13(20-16-10)17-6-3-11(4-7-17)8-18-9-14-5-2-12(18)19/h2,5,9,11H,3-4,6-8H2,1H3. The van der Waals surface area contributed by atoms with Crippen molar-refractivity contribution in [3.05, 3.63) is 34.8 Å². The summed E-state index contributed by atoms with van der Waals surface area (Å²) in [5, 5.41) is 3.81. The molecule has 20 heavy (non-hydrogen) atoms. The van der Waals surface area contributed by atoms with E-state index in [2.05, 4.69) is 20.0 Å². The molecule has 1 aliphatic heterocycles. The van der Waals surface area contributed by atoms with Gasteiger partial charge in [0, 0.05) is 31.9 Å². The second-order valence-electron chi connectivity index (χ2n) is 5.13. The van der Waals surface area contributed by atoms with Crippen molar-refractivity contribution >= 4 is 6.01 Å². The van der Waals surface area contributed by atoms with Crippen molar-refractivity contribution in [1.82, 2.24) is 19.7 Å². The van der Waals surface area contributed by atoms with Gasteiger partial charge >= 0.3 is 6.01 Å². The SMILES string of the molecule is Cc1noc(N2CCC(Cn3cnccc3=O)CC2)n1. The zero-order valence-corrected chi connectivity index (χ0v) is 11.4. The fourth-order valence-corrected chi connectivity index (χ4v) is 2.52. The van der Waals surface area contributed by atoms with E-state index < -0.39 is 0 Å². The van der Waals surface area contributed by atoms with Crippen LogP contribution in [0.15, 0.2) is 27.9 Å². The van der Waals surface area contributed by atoms with Gasteiger partial charge in [0.15, 0.2) is 5.82 Å². The number of piperidine rings is 1. The zero-order chi connectivity index (χ0) is 13.9. The van der Waals surface area contributed by atoms with Gasteiger partial charge in [-0.2, -0.15) is 4.98 Å². The van der Waals surface area contributed by atoms with E-state index in [1.165, 1.54) is 12.3 Å². The van der Waals surface area contributed by atoms with E-state index in [-0.39, 0.29) is 5.56 Å². The highest BCUT2D eigenvalue weighted by atomic mass is 16.5. The number of aromatic nitrogens is 4. The van der Waals surface area contributed by atoms with Crippen molar-refractivity contribution in [2.75, 3.05) is 18.0 Å². The maximum absolute atomic E-state index is 11.7. The molecule has 0 spiro atoms. The maximum Gasteiger partial charge on any atom is 0.324 e. The van der Waals surface area contributed by atoms with Crippen LogP contribution in [0.25, 0.3) is 0 Å². The second kappa shape index (κ2) is 5.44. The average Bonchev–Trinajstić information content (AvgIpc) is 2.89. The fourth-order valence-electron chi connectivity index (χ4n) is 2.52. The minimum Gasteiger partial charge on any atom is -0.324 e. The molecule has 0 radical (unpaired) electrons. The van der Waals surface area contributed by atoms with Crippen molar-refractivity contribution in [2.24, 2.45) is 5.92 Å². The molecule has 3 heterocycles. The molecule has 0 N–H and O–H groups in total. The molecule has 0 aliphatic carbocycles. The maximum atomic E-state index is 11.7. The van der Waals surface area contributed by atoms with Gasteiger partial charge in [-0.3, -0.25) is 9.36 Å². The fraction of sp³-hybridized carbons (Fsp3) is 0.538. The molecule has 0 unspecified atom stereocenters. The van der Waals surface area contributed by atoms with E-state index in [4.69, 9.17) is 4.52 Å². The van der Waals surface area contributed by atoms with Crippen molar-refractivity contribution in [3.8, 4) is 0 Å². The third kappa shape index (κ3) is 2.71. The van der Waals surface area contributed by atoms with E-state index in [0.29, 0.717) is 17.8 Å². The van der Waals surface area contributed by atoms with Crippen LogP contribution in [0.2, 0.25) is 0 Å². The quantitative estimate of drug-likeness (QED) is 0.826. The molecule has 0 bridgehead atoms. The first-order chi connectivity index (χ1) is 9.72. The van der Waals surface area contributed by atoms with Gasteiger partial charge in [0.05, 0.1) is 6.33 Å². The number of rotatable bonds is 3. The Morgan fingerprint density at radius 1 is 1.40 bits per heavy atom. The zero-order valence-electron chi connectivity index (χ0n) is 11.4. The Morgan fingerprint density at radius 2 is 2.20 bits per heavy atom. The van der Waals surface area contributed by atoms with Crippen molar-refractivity contribution in [2.45, 2.75) is 26.3 Å². The van der Waals surface area contributed by atoms with Gasteiger partial charge < -0.3 is 9.42 Å². The first kappa shape index (κ1) is 12.8. The van der Waals surface area contributed by atoms with Crippen LogP contribution in [0.4, 0.5) is 6.01 Å². The van der Waals surface area contributed by atoms with Crippen LogP contribution in [-0.4, -0.2) is 32.8 Å². The van der Waals surface area contributed by atoms with Gasteiger partial charge in [-0.25, -0.2) is 4.98 Å². The summed E-state index contributed by atoms with van der Waals surface area (Å²) in [5.74, 6) is 1.14. The summed E-state index contributed by atoms with van der Waals surface area (Å²) < 4.78 is 6.85. The van der Waals surface area contributed by atoms with Crippen LogP contribution < -0.4 is 10.5 Å². The monoisotopic (exact) mass is 275 g/mol. The molecule has 2 aromatic rings. The molecule has 0 aromatic carbocycles. The van der Waals surface area contributed by atoms with Gasteiger partial charge in [0.25, 0.3) is 5.56 Å². The Labute approximate surface area is 116 Å². The lowest BCUT2D eigenvalue weighted by Crippen LogP contribution is -2.36. The van der Waals surface area contributed by atoms with Crippen LogP contribution in [0.5, 0.6) is 0 Å². The molecule has 106 valence electrons. The summed E-state index contributed by atoms with van der Waals surface area (Å²) >= 11 is 0. The Hall–Kier alpha value is -2.18. The van der Waals surface area contributed by atoms with Crippen molar-refractivity contribution in [3.63, 3.8) is 0 Å². The summed E-state index contributed by atoms with van der Waals surface area (Å²) in [4.78, 5) is 22.0. The van der Waals surface area contributed by atoms with Gasteiger partial charge in [-0.15, -0.1) is 0 Å². The first-order valence-electron chi connectivity index (χ1n) is 6.78. The van der Waals surface area contributed by atoms with Crippen LogP contribution >= 0.6 is 0 Å². The summed E-state index contributed by atoms with van der Waals surface area (Å²) in [7, 11) is 0. The number of hydrogen-bond donors (Lipinski definition) is 0. The predicted molar refractivity (Wildman–Crippen MR) is 72.5 cm³/mol. The highest BCUT2D eigenvalue weighted by Gasteiger charge is 2.23. The Morgan fingerprint density at radius 3 is 2.85 bits per heavy atom. The summed E-state index contributed by atoms with van der Waals surface area (Å²) in [6, 6.07) is 2.09. The highest BCUT2D eigenvalue weighted by molar-refractivity contribution is 5.25. The minimum absolute atomic E-state index is 0.00922. The minimum atomic E-state index is 0.00922. The van der Waals surface area contributed by atoms with E-state index in [1.807, 2.05) is 6.92 Å². The smallest absolute Gasteiger partial charge is 0.324 e. The summed E-state index contributed by atoms with van der Waals surface area (Å²) in [6.45, 7) is 4.29. The number of nitrogens with zero attached hydrogens (tertiary/aromatic N) is 5. The molecule has 0 atom stereocenters. The van der Waals surface area contributed by atoms with E-state index in [0.717, 1.165) is 32.5 Å². The van der Waals surface area contributed by atoms with Gasteiger partial charge in [0.1, 0.15) is 0 Å². The lowest BCUT2D eigenvalue weighted by molar-refractivity contribution is 0.330. The van der Waals surface area contributed by atoms with E-state index >= 15 is 0 Å². The molecule has 1 aliphatic rings. The van der Waals surface area contributed by atoms with Crippen LogP contribution in [0.1, 0.15) is 18.7 Å². The molecule has 0 saturated carbocycles. The van der Waals surface area contributed by atoms with Crippen molar-refractivity contribution in [1.29, 1.82) is 0 Å². The van der Waals surface area contributed by atoms with Gasteiger partial charge in [-0.05, 0) is 25.7 Å². The van der Waals surface area contributed by atoms with Crippen LogP contribution in [0, 0.1) is 12.8 Å². The Balaban J connectivity index is 1.59. The van der Waals surface area contributed by atoms with E-state index in [9.17, 15) is 4.79 Å². The molecule has 3 rings (SSSR count). The lowest BCUT2D eigenvalue weighted by atomic mass is 9.97. The number of anilines is 1. The van der Waals surface area contributed by atoms with Crippen LogP contribution in [0.3, 0.4) is 0 Å². The summed E-state index contributed by atoms with van der Waals surface area (Å²) in [5.41, 5.74) is 0.00922. The second-order valence-corrected chi connectivity index (χ2v) is 5.13. The molecule has 0 amide bonds. The van der Waals surface area contributed by atoms with Gasteiger partial charge in [0.2, 0.25) is 0 Å². The Kier molecular flexibility index (Phi) is 3.49.